The summed E-state index contributed by atoms with van der Waals surface area (Å²) in [7, 11) is -1.89. The van der Waals surface area contributed by atoms with Crippen molar-refractivity contribution >= 4 is 10.0 Å². The zero-order valence-corrected chi connectivity index (χ0v) is 15.7. The van der Waals surface area contributed by atoms with Crippen LogP contribution in [0.1, 0.15) is 51.5 Å². The highest BCUT2D eigenvalue weighted by Crippen LogP contribution is 2.24. The summed E-state index contributed by atoms with van der Waals surface area (Å²) < 4.78 is 38.2. The maximum Gasteiger partial charge on any atom is 0.214 e. The van der Waals surface area contributed by atoms with Crippen molar-refractivity contribution < 1.29 is 17.9 Å². The van der Waals surface area contributed by atoms with Crippen molar-refractivity contribution in [3.63, 3.8) is 0 Å². The lowest BCUT2D eigenvalue weighted by Crippen LogP contribution is -2.38. The number of hydrogen-bond acceptors (Lipinski definition) is 4. The van der Waals surface area contributed by atoms with E-state index >= 15 is 0 Å². The van der Waals surface area contributed by atoms with E-state index in [9.17, 15) is 8.42 Å². The van der Waals surface area contributed by atoms with Crippen LogP contribution in [0.3, 0.4) is 0 Å². The van der Waals surface area contributed by atoms with Crippen molar-refractivity contribution in [2.75, 3.05) is 12.9 Å². The van der Waals surface area contributed by atoms with Gasteiger partial charge in [-0.25, -0.2) is 13.1 Å². The van der Waals surface area contributed by atoms with Crippen LogP contribution in [0.15, 0.2) is 24.3 Å². The van der Waals surface area contributed by atoms with Gasteiger partial charge in [0.25, 0.3) is 0 Å². The van der Waals surface area contributed by atoms with Gasteiger partial charge in [-0.3, -0.25) is 0 Å². The van der Waals surface area contributed by atoms with Gasteiger partial charge in [0.1, 0.15) is 5.75 Å². The molecule has 0 aromatic heterocycles. The third kappa shape index (κ3) is 6.42. The molecule has 0 amide bonds. The van der Waals surface area contributed by atoms with E-state index in [2.05, 4.69) is 4.72 Å². The van der Waals surface area contributed by atoms with E-state index in [0.717, 1.165) is 24.2 Å². The smallest absolute Gasteiger partial charge is 0.214 e. The summed E-state index contributed by atoms with van der Waals surface area (Å²) in [6, 6.07) is 7.65. The molecule has 0 spiro atoms. The molecule has 1 fully saturated rings. The lowest BCUT2D eigenvalue weighted by atomic mass is 9.98. The van der Waals surface area contributed by atoms with E-state index in [1.807, 2.05) is 24.3 Å². The third-order valence-electron chi connectivity index (χ3n) is 4.34. The molecule has 0 saturated heterocycles. The van der Waals surface area contributed by atoms with Crippen LogP contribution >= 0.6 is 0 Å². The van der Waals surface area contributed by atoms with E-state index in [1.54, 1.807) is 13.8 Å². The molecule has 1 aliphatic rings. The lowest BCUT2D eigenvalue weighted by Gasteiger charge is -2.23. The minimum atomic E-state index is -3.41. The van der Waals surface area contributed by atoms with E-state index in [0.29, 0.717) is 0 Å². The van der Waals surface area contributed by atoms with Crippen LogP contribution in [0, 0.1) is 0 Å². The minimum absolute atomic E-state index is 0.0746. The maximum atomic E-state index is 12.2. The fourth-order valence-electron chi connectivity index (χ4n) is 2.87. The molecule has 5 nitrogen and oxygen atoms in total. The number of methoxy groups -OCH3 is 1. The molecule has 24 heavy (non-hydrogen) atoms. The average Bonchev–Trinajstić information content (AvgIpc) is 2.54. The molecule has 0 aliphatic heterocycles. The Hall–Kier alpha value is -1.11. The molecular formula is C18H29NO4S. The first kappa shape index (κ1) is 19.2. The summed E-state index contributed by atoms with van der Waals surface area (Å²) in [5.74, 6) is 0.741. The summed E-state index contributed by atoms with van der Waals surface area (Å²) >= 11 is 0. The monoisotopic (exact) mass is 355 g/mol. The largest absolute Gasteiger partial charge is 0.490 e. The number of benzene rings is 1. The van der Waals surface area contributed by atoms with Crippen molar-refractivity contribution in [3.8, 4) is 5.75 Å². The van der Waals surface area contributed by atoms with E-state index < -0.39 is 15.6 Å². The van der Waals surface area contributed by atoms with Gasteiger partial charge in [-0.1, -0.05) is 18.6 Å². The molecule has 6 heteroatoms. The molecular weight excluding hydrogens is 326 g/mol. The van der Waals surface area contributed by atoms with Crippen LogP contribution in [0.2, 0.25) is 0 Å². The second-order valence-corrected chi connectivity index (χ2v) is 8.88. The number of hydrogen-bond donors (Lipinski definition) is 1. The molecule has 1 saturated carbocycles. The van der Waals surface area contributed by atoms with Gasteiger partial charge >= 0.3 is 0 Å². The van der Waals surface area contributed by atoms with Gasteiger partial charge in [0.2, 0.25) is 10.0 Å². The number of nitrogens with one attached hydrogen (secondary N) is 1. The quantitative estimate of drug-likeness (QED) is 0.777. The highest BCUT2D eigenvalue weighted by atomic mass is 32.2. The van der Waals surface area contributed by atoms with Gasteiger partial charge in [-0.05, 0) is 57.2 Å². The van der Waals surface area contributed by atoms with Gasteiger partial charge in [0.05, 0.1) is 17.5 Å². The third-order valence-corrected chi connectivity index (χ3v) is 6.00. The second-order valence-electron chi connectivity index (χ2n) is 7.07. The van der Waals surface area contributed by atoms with E-state index in [1.165, 1.54) is 26.4 Å². The topological polar surface area (TPSA) is 64.6 Å². The summed E-state index contributed by atoms with van der Waals surface area (Å²) in [5, 5.41) is 0. The summed E-state index contributed by atoms with van der Waals surface area (Å²) in [5.41, 5.74) is 0.180. The Morgan fingerprint density at radius 2 is 1.92 bits per heavy atom. The number of ether oxygens (including phenoxy) is 2. The molecule has 0 heterocycles. The molecule has 1 aromatic carbocycles. The Kier molecular flexibility index (Phi) is 6.66. The Balaban J connectivity index is 1.91. The molecule has 0 bridgehead atoms. The Morgan fingerprint density at radius 3 is 2.58 bits per heavy atom. The van der Waals surface area contributed by atoms with Crippen LogP contribution < -0.4 is 9.46 Å². The normalized spacial score (nSPS) is 17.0. The Bertz CT molecular complexity index is 622. The first-order valence-corrected chi connectivity index (χ1v) is 10.2. The predicted molar refractivity (Wildman–Crippen MR) is 95.7 cm³/mol. The van der Waals surface area contributed by atoms with E-state index in [-0.39, 0.29) is 18.4 Å². The Labute approximate surface area is 145 Å². The second kappa shape index (κ2) is 8.32. The van der Waals surface area contributed by atoms with E-state index in [4.69, 9.17) is 9.47 Å². The molecule has 136 valence electrons. The summed E-state index contributed by atoms with van der Waals surface area (Å²) in [6.07, 6.45) is 6.22. The standard InChI is InChI=1S/C18H29NO4S/c1-18(2,22-3)14-24(20,21)19-13-15-8-7-11-17(12-15)23-16-9-5-4-6-10-16/h7-8,11-12,16,19H,4-6,9-10,13-14H2,1-3H3. The molecule has 1 N–H and O–H groups in total. The molecule has 1 aromatic rings. The van der Waals surface area contributed by atoms with Gasteiger partial charge < -0.3 is 9.47 Å². The predicted octanol–water partition coefficient (Wildman–Crippen LogP) is 3.24. The molecule has 1 aliphatic carbocycles. The van der Waals surface area contributed by atoms with Crippen LogP contribution in [-0.4, -0.2) is 33.0 Å². The molecule has 0 unspecified atom stereocenters. The van der Waals surface area contributed by atoms with Gasteiger partial charge in [0.15, 0.2) is 0 Å². The summed E-state index contributed by atoms with van der Waals surface area (Å²) in [6.45, 7) is 3.76. The zero-order chi connectivity index (χ0) is 17.6. The van der Waals surface area contributed by atoms with Crippen molar-refractivity contribution in [3.05, 3.63) is 29.8 Å². The molecule has 0 radical (unpaired) electrons. The van der Waals surface area contributed by atoms with Crippen LogP contribution in [0.25, 0.3) is 0 Å². The Morgan fingerprint density at radius 1 is 1.21 bits per heavy atom. The van der Waals surface area contributed by atoms with Crippen LogP contribution in [0.4, 0.5) is 0 Å². The van der Waals surface area contributed by atoms with Gasteiger partial charge in [-0.2, -0.15) is 0 Å². The van der Waals surface area contributed by atoms with Crippen LogP contribution in [-0.2, 0) is 21.3 Å². The van der Waals surface area contributed by atoms with Crippen molar-refractivity contribution in [2.45, 2.75) is 64.2 Å². The van der Waals surface area contributed by atoms with Crippen molar-refractivity contribution in [1.82, 2.24) is 4.72 Å². The molecule has 0 atom stereocenters. The number of sulfonamides is 1. The first-order chi connectivity index (χ1) is 11.3. The highest BCUT2D eigenvalue weighted by Gasteiger charge is 2.25. The lowest BCUT2D eigenvalue weighted by molar-refractivity contribution is 0.0424. The van der Waals surface area contributed by atoms with Crippen molar-refractivity contribution in [2.24, 2.45) is 0 Å². The SMILES string of the molecule is COC(C)(C)CS(=O)(=O)NCc1cccc(OC2CCCCC2)c1. The zero-order valence-electron chi connectivity index (χ0n) is 14.9. The maximum absolute atomic E-state index is 12.2. The average molecular weight is 356 g/mol. The first-order valence-electron chi connectivity index (χ1n) is 8.58. The fraction of sp³-hybridized carbons (Fsp3) is 0.667. The van der Waals surface area contributed by atoms with Gasteiger partial charge in [0, 0.05) is 13.7 Å². The summed E-state index contributed by atoms with van der Waals surface area (Å²) in [4.78, 5) is 0. The highest BCUT2D eigenvalue weighted by molar-refractivity contribution is 7.89. The fourth-order valence-corrected chi connectivity index (χ4v) is 4.39. The van der Waals surface area contributed by atoms with Gasteiger partial charge in [-0.15, -0.1) is 0 Å². The number of rotatable bonds is 8. The van der Waals surface area contributed by atoms with Crippen molar-refractivity contribution in [1.29, 1.82) is 0 Å². The minimum Gasteiger partial charge on any atom is -0.490 e. The van der Waals surface area contributed by atoms with Crippen LogP contribution in [0.5, 0.6) is 5.75 Å². The molecule has 2 rings (SSSR count).